The average Bonchev–Trinajstić information content (AvgIpc) is 2.69. The van der Waals surface area contributed by atoms with E-state index in [1.165, 1.54) is 0 Å². The molecule has 0 bridgehead atoms. The molecular formula is C12H20N2O5. The second-order valence-corrected chi connectivity index (χ2v) is 5.38. The number of carboxylic acids is 1. The number of nitrogens with two attached hydrogens (primary N) is 1. The first-order valence-electron chi connectivity index (χ1n) is 6.39. The number of aliphatic carboxylic acids is 1. The summed E-state index contributed by atoms with van der Waals surface area (Å²) in [6.07, 6.45) is -0.541. The number of ether oxygens (including phenoxy) is 2. The normalized spacial score (nSPS) is 35.4. The molecule has 0 radical (unpaired) electrons. The van der Waals surface area contributed by atoms with Gasteiger partial charge in [-0.3, -0.25) is 9.59 Å². The summed E-state index contributed by atoms with van der Waals surface area (Å²) in [4.78, 5) is 24.9. The summed E-state index contributed by atoms with van der Waals surface area (Å²) in [6.45, 7) is 3.62. The van der Waals surface area contributed by atoms with E-state index in [-0.39, 0.29) is 18.4 Å². The summed E-state index contributed by atoms with van der Waals surface area (Å²) < 4.78 is 10.6. The molecule has 3 N–H and O–H groups in total. The van der Waals surface area contributed by atoms with Crippen molar-refractivity contribution in [3.8, 4) is 0 Å². The zero-order chi connectivity index (χ0) is 14.0. The Labute approximate surface area is 111 Å². The standard InChI is InChI=1S/C12H20N2O5/c1-12(7-18-6-9(12)13)11(17)14-2-3-19-8(5-14)4-10(15)16/h8-9H,2-7,13H2,1H3,(H,15,16). The first kappa shape index (κ1) is 14.2. The molecule has 2 fully saturated rings. The molecule has 1 amide bonds. The van der Waals surface area contributed by atoms with Gasteiger partial charge in [0.2, 0.25) is 5.91 Å². The summed E-state index contributed by atoms with van der Waals surface area (Å²) in [7, 11) is 0. The van der Waals surface area contributed by atoms with Crippen molar-refractivity contribution in [3.63, 3.8) is 0 Å². The number of rotatable bonds is 3. The molecule has 19 heavy (non-hydrogen) atoms. The molecule has 7 nitrogen and oxygen atoms in total. The number of carboxylic acid groups (broad SMARTS) is 1. The van der Waals surface area contributed by atoms with Gasteiger partial charge in [-0.1, -0.05) is 0 Å². The van der Waals surface area contributed by atoms with Crippen LogP contribution in [0.1, 0.15) is 13.3 Å². The van der Waals surface area contributed by atoms with Crippen LogP contribution in [0.2, 0.25) is 0 Å². The number of nitrogens with zero attached hydrogens (tertiary/aromatic N) is 1. The number of carbonyl (C=O) groups excluding carboxylic acids is 1. The molecule has 2 aliphatic rings. The van der Waals surface area contributed by atoms with E-state index in [2.05, 4.69) is 0 Å². The minimum absolute atomic E-state index is 0.0730. The van der Waals surface area contributed by atoms with Gasteiger partial charge in [-0.2, -0.15) is 0 Å². The van der Waals surface area contributed by atoms with Crippen molar-refractivity contribution in [1.82, 2.24) is 4.90 Å². The van der Waals surface area contributed by atoms with Crippen LogP contribution in [0.15, 0.2) is 0 Å². The third-order valence-electron chi connectivity index (χ3n) is 3.83. The number of carbonyl (C=O) groups is 2. The molecule has 7 heteroatoms. The lowest BCUT2D eigenvalue weighted by Crippen LogP contribution is -2.55. The van der Waals surface area contributed by atoms with Crippen molar-refractivity contribution in [2.24, 2.45) is 11.1 Å². The Hall–Kier alpha value is -1.18. The van der Waals surface area contributed by atoms with Crippen molar-refractivity contribution >= 4 is 11.9 Å². The SMILES string of the molecule is CC1(C(=O)N2CCOC(CC(=O)O)C2)COCC1N. The smallest absolute Gasteiger partial charge is 0.306 e. The summed E-state index contributed by atoms with van der Waals surface area (Å²) in [6, 6.07) is -0.319. The predicted octanol–water partition coefficient (Wildman–Crippen LogP) is -0.948. The number of amides is 1. The fourth-order valence-electron chi connectivity index (χ4n) is 2.49. The van der Waals surface area contributed by atoms with Gasteiger partial charge in [0.15, 0.2) is 0 Å². The van der Waals surface area contributed by atoms with E-state index in [4.69, 9.17) is 20.3 Å². The zero-order valence-corrected chi connectivity index (χ0v) is 11.0. The Kier molecular flexibility index (Phi) is 4.07. The average molecular weight is 272 g/mol. The molecule has 0 saturated carbocycles. The number of hydrogen-bond acceptors (Lipinski definition) is 5. The van der Waals surface area contributed by atoms with E-state index in [0.29, 0.717) is 32.9 Å². The predicted molar refractivity (Wildman–Crippen MR) is 65.5 cm³/mol. The Bertz CT molecular complexity index is 375. The van der Waals surface area contributed by atoms with Gasteiger partial charge in [0.1, 0.15) is 0 Å². The maximum atomic E-state index is 12.5. The van der Waals surface area contributed by atoms with Crippen molar-refractivity contribution in [2.45, 2.75) is 25.5 Å². The molecule has 2 rings (SSSR count). The molecule has 108 valence electrons. The van der Waals surface area contributed by atoms with Crippen LogP contribution in [0.5, 0.6) is 0 Å². The van der Waals surface area contributed by atoms with E-state index in [1.807, 2.05) is 0 Å². The lowest BCUT2D eigenvalue weighted by atomic mass is 9.84. The minimum Gasteiger partial charge on any atom is -0.481 e. The first-order chi connectivity index (χ1) is 8.93. The molecule has 0 spiro atoms. The highest BCUT2D eigenvalue weighted by Crippen LogP contribution is 2.30. The van der Waals surface area contributed by atoms with Crippen LogP contribution in [0, 0.1) is 5.41 Å². The third kappa shape index (κ3) is 2.88. The van der Waals surface area contributed by atoms with Crippen LogP contribution in [0.3, 0.4) is 0 Å². The van der Waals surface area contributed by atoms with Crippen molar-refractivity contribution in [3.05, 3.63) is 0 Å². The van der Waals surface area contributed by atoms with Gasteiger partial charge in [-0.05, 0) is 6.92 Å². The molecule has 0 aromatic rings. The summed E-state index contributed by atoms with van der Waals surface area (Å²) in [5, 5.41) is 8.77. The summed E-state index contributed by atoms with van der Waals surface area (Å²) >= 11 is 0. The third-order valence-corrected chi connectivity index (χ3v) is 3.83. The quantitative estimate of drug-likeness (QED) is 0.687. The monoisotopic (exact) mass is 272 g/mol. The number of hydrogen-bond donors (Lipinski definition) is 2. The maximum absolute atomic E-state index is 12.5. The van der Waals surface area contributed by atoms with Crippen LogP contribution in [0.4, 0.5) is 0 Å². The van der Waals surface area contributed by atoms with E-state index < -0.39 is 17.5 Å². The molecule has 0 aromatic heterocycles. The Morgan fingerprint density at radius 1 is 1.53 bits per heavy atom. The Morgan fingerprint density at radius 3 is 2.84 bits per heavy atom. The second-order valence-electron chi connectivity index (χ2n) is 5.38. The van der Waals surface area contributed by atoms with E-state index in [0.717, 1.165) is 0 Å². The van der Waals surface area contributed by atoms with Crippen LogP contribution >= 0.6 is 0 Å². The zero-order valence-electron chi connectivity index (χ0n) is 11.0. The fraction of sp³-hybridized carbons (Fsp3) is 0.833. The lowest BCUT2D eigenvalue weighted by molar-refractivity contribution is -0.153. The highest BCUT2D eigenvalue weighted by Gasteiger charge is 2.47. The van der Waals surface area contributed by atoms with Crippen LogP contribution < -0.4 is 5.73 Å². The van der Waals surface area contributed by atoms with Gasteiger partial charge in [-0.25, -0.2) is 0 Å². The van der Waals surface area contributed by atoms with Gasteiger partial charge in [0.05, 0.1) is 37.8 Å². The summed E-state index contributed by atoms with van der Waals surface area (Å²) in [5.74, 6) is -0.998. The molecule has 3 unspecified atom stereocenters. The van der Waals surface area contributed by atoms with Gasteiger partial charge < -0.3 is 25.2 Å². The molecule has 2 heterocycles. The first-order valence-corrected chi connectivity index (χ1v) is 6.39. The molecule has 0 aromatic carbocycles. The van der Waals surface area contributed by atoms with Crippen molar-refractivity contribution in [1.29, 1.82) is 0 Å². The fourth-order valence-corrected chi connectivity index (χ4v) is 2.49. The number of morpholine rings is 1. The van der Waals surface area contributed by atoms with E-state index in [9.17, 15) is 9.59 Å². The van der Waals surface area contributed by atoms with Crippen molar-refractivity contribution in [2.75, 3.05) is 32.9 Å². The van der Waals surface area contributed by atoms with Gasteiger partial charge in [0, 0.05) is 19.1 Å². The minimum atomic E-state index is -0.925. The van der Waals surface area contributed by atoms with Crippen LogP contribution in [-0.4, -0.2) is 66.9 Å². The molecule has 2 saturated heterocycles. The molecule has 3 atom stereocenters. The second kappa shape index (κ2) is 5.44. The van der Waals surface area contributed by atoms with Crippen LogP contribution in [-0.2, 0) is 19.1 Å². The van der Waals surface area contributed by atoms with Crippen LogP contribution in [0.25, 0.3) is 0 Å². The molecule has 2 aliphatic heterocycles. The molecule has 0 aliphatic carbocycles. The van der Waals surface area contributed by atoms with Gasteiger partial charge in [0.25, 0.3) is 0 Å². The highest BCUT2D eigenvalue weighted by molar-refractivity contribution is 5.84. The lowest BCUT2D eigenvalue weighted by Gasteiger charge is -2.38. The maximum Gasteiger partial charge on any atom is 0.306 e. The van der Waals surface area contributed by atoms with Gasteiger partial charge in [-0.15, -0.1) is 0 Å². The van der Waals surface area contributed by atoms with Gasteiger partial charge >= 0.3 is 5.97 Å². The Balaban J connectivity index is 2.01. The van der Waals surface area contributed by atoms with E-state index in [1.54, 1.807) is 11.8 Å². The topological polar surface area (TPSA) is 102 Å². The molecular weight excluding hydrogens is 252 g/mol. The largest absolute Gasteiger partial charge is 0.481 e. The summed E-state index contributed by atoms with van der Waals surface area (Å²) in [5.41, 5.74) is 5.22. The Morgan fingerprint density at radius 2 is 2.26 bits per heavy atom. The van der Waals surface area contributed by atoms with E-state index >= 15 is 0 Å². The highest BCUT2D eigenvalue weighted by atomic mass is 16.5. The van der Waals surface area contributed by atoms with Crippen molar-refractivity contribution < 1.29 is 24.2 Å².